The van der Waals surface area contributed by atoms with Gasteiger partial charge in [0.05, 0.1) is 29.0 Å². The third kappa shape index (κ3) is 3.31. The van der Waals surface area contributed by atoms with Gasteiger partial charge in [-0.05, 0) is 18.1 Å². The fraction of sp³-hybridized carbons (Fsp3) is 0.238. The highest BCUT2D eigenvalue weighted by Crippen LogP contribution is 2.34. The summed E-state index contributed by atoms with van der Waals surface area (Å²) >= 11 is 0. The van der Waals surface area contributed by atoms with E-state index < -0.39 is 0 Å². The SMILES string of the molecule is CC(C)[C@H](Nc1c(-c2nc3cnccc3[nH]2)c(=O)[nH]c2cn(C)nc12)c1ncccn1. The molecule has 10 nitrogen and oxygen atoms in total. The van der Waals surface area contributed by atoms with Crippen LogP contribution in [0.15, 0.2) is 47.9 Å². The zero-order valence-corrected chi connectivity index (χ0v) is 17.3. The molecule has 0 radical (unpaired) electrons. The molecule has 0 amide bonds. The van der Waals surface area contributed by atoms with Crippen LogP contribution < -0.4 is 10.9 Å². The number of aromatic nitrogens is 8. The van der Waals surface area contributed by atoms with Gasteiger partial charge < -0.3 is 15.3 Å². The number of nitrogens with zero attached hydrogens (tertiary/aromatic N) is 6. The summed E-state index contributed by atoms with van der Waals surface area (Å²) < 4.78 is 1.67. The second-order valence-corrected chi connectivity index (χ2v) is 7.72. The monoisotopic (exact) mass is 415 g/mol. The van der Waals surface area contributed by atoms with E-state index in [2.05, 4.69) is 54.2 Å². The Morgan fingerprint density at radius 2 is 1.90 bits per heavy atom. The Bertz CT molecular complexity index is 1400. The second kappa shape index (κ2) is 7.31. The first-order valence-electron chi connectivity index (χ1n) is 9.94. The summed E-state index contributed by atoms with van der Waals surface area (Å²) in [6.07, 6.45) is 8.53. The fourth-order valence-corrected chi connectivity index (χ4v) is 3.68. The number of hydrogen-bond acceptors (Lipinski definition) is 7. The predicted octanol–water partition coefficient (Wildman–Crippen LogP) is 2.80. The van der Waals surface area contributed by atoms with E-state index in [1.165, 1.54) is 0 Å². The molecule has 31 heavy (non-hydrogen) atoms. The van der Waals surface area contributed by atoms with Crippen molar-refractivity contribution >= 4 is 27.8 Å². The third-order valence-electron chi connectivity index (χ3n) is 5.14. The summed E-state index contributed by atoms with van der Waals surface area (Å²) in [7, 11) is 1.81. The molecule has 5 rings (SSSR count). The average molecular weight is 415 g/mol. The van der Waals surface area contributed by atoms with Crippen molar-refractivity contribution in [3.63, 3.8) is 0 Å². The number of hydrogen-bond donors (Lipinski definition) is 3. The lowest BCUT2D eigenvalue weighted by Crippen LogP contribution is -2.22. The van der Waals surface area contributed by atoms with Crippen LogP contribution in [-0.2, 0) is 7.05 Å². The molecule has 3 N–H and O–H groups in total. The van der Waals surface area contributed by atoms with E-state index in [9.17, 15) is 4.79 Å². The molecule has 0 aliphatic rings. The molecule has 5 heterocycles. The zero-order valence-electron chi connectivity index (χ0n) is 17.3. The maximum Gasteiger partial charge on any atom is 0.261 e. The lowest BCUT2D eigenvalue weighted by molar-refractivity contribution is 0.521. The number of aryl methyl sites for hydroxylation is 1. The number of nitrogens with one attached hydrogen (secondary N) is 3. The first kappa shape index (κ1) is 18.9. The molecular formula is C21H21N9O. The molecule has 5 aromatic heterocycles. The summed E-state index contributed by atoms with van der Waals surface area (Å²) in [4.78, 5) is 36.9. The van der Waals surface area contributed by atoms with Gasteiger partial charge in [0.1, 0.15) is 22.4 Å². The molecule has 0 fully saturated rings. The van der Waals surface area contributed by atoms with Gasteiger partial charge in [0.15, 0.2) is 5.82 Å². The topological polar surface area (TPSA) is 130 Å². The third-order valence-corrected chi connectivity index (χ3v) is 5.14. The maximum atomic E-state index is 13.2. The van der Waals surface area contributed by atoms with Gasteiger partial charge in [-0.25, -0.2) is 15.0 Å². The normalized spacial score (nSPS) is 12.6. The van der Waals surface area contributed by atoms with Crippen LogP contribution >= 0.6 is 0 Å². The van der Waals surface area contributed by atoms with E-state index in [1.54, 1.807) is 41.7 Å². The molecule has 5 aromatic rings. The van der Waals surface area contributed by atoms with E-state index in [4.69, 9.17) is 0 Å². The minimum Gasteiger partial charge on any atom is -0.372 e. The molecule has 0 bridgehead atoms. The highest BCUT2D eigenvalue weighted by atomic mass is 16.1. The molecule has 0 spiro atoms. The minimum absolute atomic E-state index is 0.146. The van der Waals surface area contributed by atoms with Crippen molar-refractivity contribution in [1.29, 1.82) is 0 Å². The first-order valence-corrected chi connectivity index (χ1v) is 9.94. The number of anilines is 1. The van der Waals surface area contributed by atoms with E-state index in [0.717, 1.165) is 5.52 Å². The van der Waals surface area contributed by atoms with Gasteiger partial charge in [-0.1, -0.05) is 13.8 Å². The molecule has 0 aliphatic heterocycles. The van der Waals surface area contributed by atoms with Gasteiger partial charge in [0.2, 0.25) is 0 Å². The fourth-order valence-electron chi connectivity index (χ4n) is 3.68. The Labute approximate surface area is 176 Å². The average Bonchev–Trinajstić information content (AvgIpc) is 3.34. The largest absolute Gasteiger partial charge is 0.372 e. The molecule has 1 atom stereocenters. The second-order valence-electron chi connectivity index (χ2n) is 7.72. The standard InChI is InChI=1S/C21H21N9O/c1-11(2)16(20-23-6-4-7-24-20)28-18-15(19-25-12-5-8-22-9-13(12)26-19)21(31)27-14-10-30(3)29-17(14)18/h4-11,16,28H,1-3H3,(H,25,26)(H,27,31)/t16-/m0/s1. The lowest BCUT2D eigenvalue weighted by atomic mass is 10.0. The number of aromatic amines is 2. The molecule has 156 valence electrons. The Kier molecular flexibility index (Phi) is 4.46. The van der Waals surface area contributed by atoms with Crippen LogP contribution in [0.3, 0.4) is 0 Å². The van der Waals surface area contributed by atoms with Crippen LogP contribution in [0.2, 0.25) is 0 Å². The summed E-state index contributed by atoms with van der Waals surface area (Å²) in [5, 5.41) is 8.10. The first-order chi connectivity index (χ1) is 15.0. The number of fused-ring (bicyclic) bond motifs is 2. The van der Waals surface area contributed by atoms with Crippen LogP contribution in [0.4, 0.5) is 5.69 Å². The highest BCUT2D eigenvalue weighted by molar-refractivity contribution is 5.96. The van der Waals surface area contributed by atoms with Gasteiger partial charge in [-0.2, -0.15) is 5.10 Å². The van der Waals surface area contributed by atoms with Crippen molar-refractivity contribution in [2.45, 2.75) is 19.9 Å². The van der Waals surface area contributed by atoms with Crippen molar-refractivity contribution in [2.24, 2.45) is 13.0 Å². The summed E-state index contributed by atoms with van der Waals surface area (Å²) in [5.74, 6) is 1.23. The Hall–Kier alpha value is -4.08. The number of pyridine rings is 2. The van der Waals surface area contributed by atoms with Crippen LogP contribution in [0, 0.1) is 5.92 Å². The van der Waals surface area contributed by atoms with E-state index in [-0.39, 0.29) is 17.5 Å². The summed E-state index contributed by atoms with van der Waals surface area (Å²) in [6, 6.07) is 3.36. The molecule has 0 saturated carbocycles. The summed E-state index contributed by atoms with van der Waals surface area (Å²) in [5.41, 5.74) is 3.43. The quantitative estimate of drug-likeness (QED) is 0.402. The Morgan fingerprint density at radius 3 is 2.65 bits per heavy atom. The molecule has 10 heteroatoms. The van der Waals surface area contributed by atoms with Crippen LogP contribution in [0.1, 0.15) is 25.7 Å². The summed E-state index contributed by atoms with van der Waals surface area (Å²) in [6.45, 7) is 4.15. The smallest absolute Gasteiger partial charge is 0.261 e. The maximum absolute atomic E-state index is 13.2. The Balaban J connectivity index is 1.75. The van der Waals surface area contributed by atoms with Crippen molar-refractivity contribution < 1.29 is 0 Å². The van der Waals surface area contributed by atoms with Crippen LogP contribution in [-0.4, -0.2) is 39.7 Å². The van der Waals surface area contributed by atoms with Crippen molar-refractivity contribution in [1.82, 2.24) is 39.7 Å². The van der Waals surface area contributed by atoms with Crippen LogP contribution in [0.25, 0.3) is 33.5 Å². The van der Waals surface area contributed by atoms with Gasteiger partial charge in [-0.3, -0.25) is 14.5 Å². The Morgan fingerprint density at radius 1 is 1.10 bits per heavy atom. The number of imidazole rings is 1. The predicted molar refractivity (Wildman–Crippen MR) is 117 cm³/mol. The number of rotatable bonds is 5. The van der Waals surface area contributed by atoms with Gasteiger partial charge >= 0.3 is 0 Å². The van der Waals surface area contributed by atoms with Crippen molar-refractivity contribution in [3.05, 3.63) is 59.3 Å². The highest BCUT2D eigenvalue weighted by Gasteiger charge is 2.25. The van der Waals surface area contributed by atoms with Crippen molar-refractivity contribution in [3.8, 4) is 11.4 Å². The lowest BCUT2D eigenvalue weighted by Gasteiger charge is -2.23. The molecule has 0 aliphatic carbocycles. The van der Waals surface area contributed by atoms with E-state index >= 15 is 0 Å². The molecule has 0 unspecified atom stereocenters. The molecule has 0 aromatic carbocycles. The van der Waals surface area contributed by atoms with E-state index in [0.29, 0.717) is 39.4 Å². The van der Waals surface area contributed by atoms with Gasteiger partial charge in [-0.15, -0.1) is 0 Å². The van der Waals surface area contributed by atoms with E-state index in [1.807, 2.05) is 13.1 Å². The molecular weight excluding hydrogens is 394 g/mol. The zero-order chi connectivity index (χ0) is 21.5. The van der Waals surface area contributed by atoms with Gasteiger partial charge in [0.25, 0.3) is 5.56 Å². The minimum atomic E-state index is -0.272. The van der Waals surface area contributed by atoms with Gasteiger partial charge in [0, 0.05) is 31.8 Å². The van der Waals surface area contributed by atoms with Crippen LogP contribution in [0.5, 0.6) is 0 Å². The number of H-pyrrole nitrogens is 2. The van der Waals surface area contributed by atoms with Crippen molar-refractivity contribution in [2.75, 3.05) is 5.32 Å². The molecule has 0 saturated heterocycles.